The van der Waals surface area contributed by atoms with Crippen LogP contribution in [0.15, 0.2) is 0 Å². The predicted molar refractivity (Wildman–Crippen MR) is 79.3 cm³/mol. The summed E-state index contributed by atoms with van der Waals surface area (Å²) in [7, 11) is -2.03. The first kappa shape index (κ1) is 17.0. The normalized spacial score (nSPS) is 24.5. The summed E-state index contributed by atoms with van der Waals surface area (Å²) in [4.78, 5) is 24.6. The Morgan fingerprint density at radius 3 is 2.50 bits per heavy atom. The molecule has 1 saturated heterocycles. The minimum Gasteiger partial charge on any atom is -0.465 e. The molecular weight excluding hydrogens is 276 g/mol. The zero-order valence-electron chi connectivity index (χ0n) is 13.2. The number of amides is 2. The molecule has 1 aliphatic rings. The maximum atomic E-state index is 12.1. The summed E-state index contributed by atoms with van der Waals surface area (Å²) >= 11 is 0. The van der Waals surface area contributed by atoms with Crippen molar-refractivity contribution in [1.82, 2.24) is 10.2 Å². The van der Waals surface area contributed by atoms with Crippen LogP contribution in [-0.4, -0.2) is 55.6 Å². The van der Waals surface area contributed by atoms with Crippen molar-refractivity contribution in [2.75, 3.05) is 19.7 Å². The Balaban J connectivity index is 2.91. The van der Waals surface area contributed by atoms with Gasteiger partial charge in [0.25, 0.3) is 0 Å². The topological polar surface area (TPSA) is 78.9 Å². The van der Waals surface area contributed by atoms with Crippen LogP contribution in [-0.2, 0) is 9.22 Å². The van der Waals surface area contributed by atoms with E-state index in [1.165, 1.54) is 4.90 Å². The smallest absolute Gasteiger partial charge is 0.408 e. The predicted octanol–water partition coefficient (Wildman–Crippen LogP) is 1.88. The van der Waals surface area contributed by atoms with Gasteiger partial charge in [-0.2, -0.15) is 0 Å². The van der Waals surface area contributed by atoms with Crippen LogP contribution in [0, 0.1) is 0 Å². The van der Waals surface area contributed by atoms with E-state index in [4.69, 9.17) is 4.43 Å². The first-order valence-electron chi connectivity index (χ1n) is 6.85. The molecule has 1 heterocycles. The largest absolute Gasteiger partial charge is 0.465 e. The van der Waals surface area contributed by atoms with Crippen molar-refractivity contribution in [3.05, 3.63) is 0 Å². The van der Waals surface area contributed by atoms with Crippen molar-refractivity contribution in [2.24, 2.45) is 0 Å². The second-order valence-electron chi connectivity index (χ2n) is 7.01. The molecule has 2 N–H and O–H groups in total. The van der Waals surface area contributed by atoms with Crippen LogP contribution in [0.1, 0.15) is 27.7 Å². The standard InChI is InChI=1S/C13H26N2O4Si/c1-12(2,3)20(5,6)19-9-13(4)10(16)14-7-8-15(13)11(17)18/h7-9H2,1-6H3,(H,14,16)(H,17,18)/t13-/m1/s1. The highest BCUT2D eigenvalue weighted by molar-refractivity contribution is 6.74. The Morgan fingerprint density at radius 2 is 2.05 bits per heavy atom. The van der Waals surface area contributed by atoms with Crippen LogP contribution >= 0.6 is 0 Å². The van der Waals surface area contributed by atoms with Gasteiger partial charge in [0.1, 0.15) is 5.54 Å². The van der Waals surface area contributed by atoms with Gasteiger partial charge < -0.3 is 14.8 Å². The Morgan fingerprint density at radius 1 is 1.50 bits per heavy atom. The van der Waals surface area contributed by atoms with E-state index >= 15 is 0 Å². The van der Waals surface area contributed by atoms with Crippen molar-refractivity contribution in [3.8, 4) is 0 Å². The fraction of sp³-hybridized carbons (Fsp3) is 0.846. The maximum Gasteiger partial charge on any atom is 0.408 e. The molecule has 7 heteroatoms. The number of piperazine rings is 1. The molecule has 0 aliphatic carbocycles. The van der Waals surface area contributed by atoms with Gasteiger partial charge in [-0.05, 0) is 25.1 Å². The van der Waals surface area contributed by atoms with Gasteiger partial charge in [-0.25, -0.2) is 4.79 Å². The van der Waals surface area contributed by atoms with Crippen molar-refractivity contribution in [1.29, 1.82) is 0 Å². The molecule has 0 bridgehead atoms. The number of carbonyl (C=O) groups excluding carboxylic acids is 1. The lowest BCUT2D eigenvalue weighted by molar-refractivity contribution is -0.136. The van der Waals surface area contributed by atoms with E-state index in [2.05, 4.69) is 39.2 Å². The van der Waals surface area contributed by atoms with Crippen LogP contribution in [0.4, 0.5) is 4.79 Å². The Labute approximate surface area is 121 Å². The molecule has 0 unspecified atom stereocenters. The summed E-state index contributed by atoms with van der Waals surface area (Å²) in [6.45, 7) is 12.9. The van der Waals surface area contributed by atoms with Crippen molar-refractivity contribution in [2.45, 2.75) is 51.4 Å². The molecule has 20 heavy (non-hydrogen) atoms. The van der Waals surface area contributed by atoms with Crippen LogP contribution in [0.3, 0.4) is 0 Å². The molecule has 1 atom stereocenters. The molecule has 6 nitrogen and oxygen atoms in total. The summed E-state index contributed by atoms with van der Waals surface area (Å²) in [5.74, 6) is -0.287. The van der Waals surface area contributed by atoms with Crippen LogP contribution in [0.5, 0.6) is 0 Å². The third-order valence-electron chi connectivity index (χ3n) is 4.46. The zero-order valence-corrected chi connectivity index (χ0v) is 14.2. The highest BCUT2D eigenvalue weighted by Crippen LogP contribution is 2.37. The first-order valence-corrected chi connectivity index (χ1v) is 9.75. The van der Waals surface area contributed by atoms with E-state index in [9.17, 15) is 14.7 Å². The van der Waals surface area contributed by atoms with E-state index in [0.717, 1.165) is 0 Å². The second kappa shape index (κ2) is 5.36. The molecule has 0 spiro atoms. The Kier molecular flexibility index (Phi) is 4.55. The molecule has 0 aromatic heterocycles. The highest BCUT2D eigenvalue weighted by atomic mass is 28.4. The summed E-state index contributed by atoms with van der Waals surface area (Å²) in [6, 6.07) is 0. The number of hydrogen-bond acceptors (Lipinski definition) is 3. The summed E-state index contributed by atoms with van der Waals surface area (Å²) in [5.41, 5.74) is -1.15. The molecular formula is C13H26N2O4Si. The molecule has 0 radical (unpaired) electrons. The van der Waals surface area contributed by atoms with Gasteiger partial charge in [-0.1, -0.05) is 20.8 Å². The Hall–Kier alpha value is -1.08. The quantitative estimate of drug-likeness (QED) is 0.780. The van der Waals surface area contributed by atoms with Gasteiger partial charge in [0, 0.05) is 13.1 Å². The molecule has 116 valence electrons. The van der Waals surface area contributed by atoms with E-state index < -0.39 is 19.9 Å². The third-order valence-corrected chi connectivity index (χ3v) is 8.94. The molecule has 0 aromatic carbocycles. The third kappa shape index (κ3) is 3.14. The Bertz CT molecular complexity index is 406. The lowest BCUT2D eigenvalue weighted by Crippen LogP contribution is -2.67. The summed E-state index contributed by atoms with van der Waals surface area (Å²) in [5, 5.41) is 12.0. The fourth-order valence-electron chi connectivity index (χ4n) is 1.83. The monoisotopic (exact) mass is 302 g/mol. The van der Waals surface area contributed by atoms with Gasteiger partial charge in [-0.3, -0.25) is 9.69 Å². The first-order chi connectivity index (χ1) is 8.92. The average Bonchev–Trinajstić information content (AvgIpc) is 2.28. The van der Waals surface area contributed by atoms with Crippen molar-refractivity contribution < 1.29 is 19.1 Å². The summed E-state index contributed by atoms with van der Waals surface area (Å²) < 4.78 is 6.06. The minimum absolute atomic E-state index is 0.0164. The van der Waals surface area contributed by atoms with Gasteiger partial charge in [0.05, 0.1) is 6.61 Å². The van der Waals surface area contributed by atoms with Crippen LogP contribution < -0.4 is 5.32 Å². The maximum absolute atomic E-state index is 12.1. The average molecular weight is 302 g/mol. The van der Waals surface area contributed by atoms with Crippen molar-refractivity contribution >= 4 is 20.3 Å². The van der Waals surface area contributed by atoms with Crippen molar-refractivity contribution in [3.63, 3.8) is 0 Å². The lowest BCUT2D eigenvalue weighted by Gasteiger charge is -2.45. The number of carbonyl (C=O) groups is 2. The van der Waals surface area contributed by atoms with E-state index in [0.29, 0.717) is 13.1 Å². The SMILES string of the molecule is CC(C)(C)[Si](C)(C)OC[C@]1(C)C(=O)NCCN1C(=O)O. The molecule has 0 saturated carbocycles. The second-order valence-corrected chi connectivity index (χ2v) is 11.8. The van der Waals surface area contributed by atoms with E-state index in [1.807, 2.05) is 0 Å². The summed E-state index contributed by atoms with van der Waals surface area (Å²) in [6.07, 6.45) is -1.08. The highest BCUT2D eigenvalue weighted by Gasteiger charge is 2.47. The number of carboxylic acid groups (broad SMARTS) is 1. The molecule has 1 aliphatic heterocycles. The fourth-order valence-corrected chi connectivity index (χ4v) is 2.90. The van der Waals surface area contributed by atoms with Gasteiger partial charge >= 0.3 is 6.09 Å². The van der Waals surface area contributed by atoms with Crippen LogP contribution in [0.25, 0.3) is 0 Å². The van der Waals surface area contributed by atoms with Crippen LogP contribution in [0.2, 0.25) is 18.1 Å². The van der Waals surface area contributed by atoms with E-state index in [-0.39, 0.29) is 17.6 Å². The number of hydrogen-bond donors (Lipinski definition) is 2. The number of rotatable bonds is 3. The van der Waals surface area contributed by atoms with Gasteiger partial charge in [-0.15, -0.1) is 0 Å². The lowest BCUT2D eigenvalue weighted by atomic mass is 9.98. The molecule has 1 rings (SSSR count). The van der Waals surface area contributed by atoms with Gasteiger partial charge in [0.15, 0.2) is 8.32 Å². The molecule has 0 aromatic rings. The van der Waals surface area contributed by atoms with E-state index in [1.54, 1.807) is 6.92 Å². The molecule has 2 amide bonds. The van der Waals surface area contributed by atoms with Gasteiger partial charge in [0.2, 0.25) is 5.91 Å². The zero-order chi connectivity index (χ0) is 15.8. The molecule has 1 fully saturated rings. The number of nitrogens with one attached hydrogen (secondary N) is 1. The number of nitrogens with zero attached hydrogens (tertiary/aromatic N) is 1. The minimum atomic E-state index is -2.03.